The van der Waals surface area contributed by atoms with Gasteiger partial charge < -0.3 is 73.4 Å². The summed E-state index contributed by atoms with van der Waals surface area (Å²) in [4.78, 5) is 29.3. The van der Waals surface area contributed by atoms with Gasteiger partial charge in [-0.2, -0.15) is 13.2 Å². The number of amides is 3. The van der Waals surface area contributed by atoms with Gasteiger partial charge in [0.25, 0.3) is 0 Å². The highest BCUT2D eigenvalue weighted by Crippen LogP contribution is 2.35. The van der Waals surface area contributed by atoms with Gasteiger partial charge in [0.2, 0.25) is 5.91 Å². The molecule has 90 heavy (non-hydrogen) atoms. The first-order chi connectivity index (χ1) is 43.8. The Morgan fingerprint density at radius 2 is 1.04 bits per heavy atom. The highest BCUT2D eigenvalue weighted by atomic mass is 19.4. The first kappa shape index (κ1) is 68.6. The monoisotopic (exact) mass is 1250 g/mol. The smallest absolute Gasteiger partial charge is 0.416 e. The van der Waals surface area contributed by atoms with Crippen molar-refractivity contribution in [2.24, 2.45) is 0 Å². The van der Waals surface area contributed by atoms with Gasteiger partial charge in [-0.05, 0) is 101 Å². The SMILES string of the molecule is CCCCCCCCCCC(=O)N[C@H]1C(COCc2ccc(OC)cc2)OCC(NCc2ccccc2)[C@H]1O[C@@H]1OC(COCc2ccc(OC)cc2)[C@@H](OCc2ccc(OC)cc2)[C@H](OCc2ccc(OC)cc2)C1NC(=O)Nc1cccc(C(F)(F)F)c1. The number of urea groups is 1. The zero-order valence-electron chi connectivity index (χ0n) is 52.1. The van der Waals surface area contributed by atoms with Crippen LogP contribution in [0.25, 0.3) is 0 Å². The summed E-state index contributed by atoms with van der Waals surface area (Å²) in [5.41, 5.74) is 3.11. The van der Waals surface area contributed by atoms with Crippen molar-refractivity contribution < 1.29 is 74.9 Å². The lowest BCUT2D eigenvalue weighted by Gasteiger charge is -2.50. The normalized spacial score (nSPS) is 20.8. The van der Waals surface area contributed by atoms with Crippen LogP contribution in [-0.4, -0.2) is 115 Å². The van der Waals surface area contributed by atoms with Gasteiger partial charge in [0, 0.05) is 18.7 Å². The van der Waals surface area contributed by atoms with Gasteiger partial charge in [0.15, 0.2) is 6.29 Å². The summed E-state index contributed by atoms with van der Waals surface area (Å²) in [7, 11) is 6.34. The van der Waals surface area contributed by atoms with E-state index in [1.54, 1.807) is 40.6 Å². The van der Waals surface area contributed by atoms with Gasteiger partial charge in [-0.3, -0.25) is 4.79 Å². The maximum absolute atomic E-state index is 14.8. The summed E-state index contributed by atoms with van der Waals surface area (Å²) in [6.45, 7) is 2.95. The van der Waals surface area contributed by atoms with Crippen LogP contribution in [-0.2, 0) is 77.1 Å². The summed E-state index contributed by atoms with van der Waals surface area (Å²) < 4.78 is 113. The molecule has 2 aliphatic heterocycles. The Morgan fingerprint density at radius 3 is 1.58 bits per heavy atom. The Bertz CT molecular complexity index is 3040. The Kier molecular flexibility index (Phi) is 27.4. The van der Waals surface area contributed by atoms with Crippen LogP contribution < -0.4 is 40.2 Å². The molecule has 0 saturated carbocycles. The van der Waals surface area contributed by atoms with Gasteiger partial charge in [0.05, 0.1) is 92.3 Å². The second kappa shape index (κ2) is 35.9. The quantitative estimate of drug-likeness (QED) is 0.0276. The van der Waals surface area contributed by atoms with E-state index < -0.39 is 72.7 Å². The van der Waals surface area contributed by atoms with Crippen molar-refractivity contribution in [2.45, 2.75) is 159 Å². The van der Waals surface area contributed by atoms with E-state index in [9.17, 15) is 22.8 Å². The number of rotatable bonds is 35. The second-order valence-corrected chi connectivity index (χ2v) is 22.5. The fourth-order valence-corrected chi connectivity index (χ4v) is 10.9. The maximum atomic E-state index is 14.8. The van der Waals surface area contributed by atoms with E-state index in [0.29, 0.717) is 36.0 Å². The molecule has 3 amide bonds. The van der Waals surface area contributed by atoms with Crippen molar-refractivity contribution in [2.75, 3.05) is 53.6 Å². The maximum Gasteiger partial charge on any atom is 0.416 e. The molecule has 0 aliphatic carbocycles. The van der Waals surface area contributed by atoms with Crippen LogP contribution in [0.4, 0.5) is 23.7 Å². The van der Waals surface area contributed by atoms with Crippen LogP contribution in [0.15, 0.2) is 152 Å². The largest absolute Gasteiger partial charge is 0.497 e. The molecular weight excluding hydrogens is 1160 g/mol. The molecule has 2 aliphatic rings. The number of ether oxygens (including phenoxy) is 11. The molecule has 6 aromatic rings. The summed E-state index contributed by atoms with van der Waals surface area (Å²) >= 11 is 0. The molecule has 9 atom stereocenters. The molecule has 4 unspecified atom stereocenters. The first-order valence-corrected chi connectivity index (χ1v) is 31.0. The van der Waals surface area contributed by atoms with Crippen LogP contribution in [0, 0.1) is 0 Å². The number of nitrogens with one attached hydrogen (secondary N) is 4. The zero-order valence-corrected chi connectivity index (χ0v) is 52.1. The number of anilines is 1. The van der Waals surface area contributed by atoms with Gasteiger partial charge in [0.1, 0.15) is 59.6 Å². The fraction of sp³-hybridized carbons (Fsp3) is 0.457. The Hall–Kier alpha value is -7.27. The molecule has 0 radical (unpaired) electrons. The number of benzene rings is 6. The lowest BCUT2D eigenvalue weighted by Crippen LogP contribution is -2.70. The molecule has 2 fully saturated rings. The van der Waals surface area contributed by atoms with Crippen molar-refractivity contribution in [1.29, 1.82) is 0 Å². The Morgan fingerprint density at radius 1 is 0.533 bits per heavy atom. The van der Waals surface area contributed by atoms with Gasteiger partial charge in [-0.15, -0.1) is 0 Å². The molecular formula is C70H87F3N4O13. The number of methoxy groups -OCH3 is 4. The third kappa shape index (κ3) is 21.4. The molecule has 0 aromatic heterocycles. The summed E-state index contributed by atoms with van der Waals surface area (Å²) in [5.74, 6) is 2.41. The highest BCUT2D eigenvalue weighted by molar-refractivity contribution is 5.89. The van der Waals surface area contributed by atoms with E-state index in [1.807, 2.05) is 115 Å². The topological polar surface area (TPSA) is 184 Å². The highest BCUT2D eigenvalue weighted by Gasteiger charge is 2.52. The number of hydrogen-bond acceptors (Lipinski definition) is 14. The van der Waals surface area contributed by atoms with Crippen molar-refractivity contribution >= 4 is 17.6 Å². The van der Waals surface area contributed by atoms with Gasteiger partial charge in [-0.1, -0.05) is 137 Å². The molecule has 0 spiro atoms. The average Bonchev–Trinajstić information content (AvgIpc) is 0.885. The average molecular weight is 1250 g/mol. The number of unbranched alkanes of at least 4 members (excludes halogenated alkanes) is 7. The molecule has 20 heteroatoms. The Balaban J connectivity index is 1.20. The van der Waals surface area contributed by atoms with Gasteiger partial charge >= 0.3 is 12.2 Å². The van der Waals surface area contributed by atoms with Crippen molar-refractivity contribution in [3.63, 3.8) is 0 Å². The Labute approximate surface area is 526 Å². The van der Waals surface area contributed by atoms with Crippen LogP contribution in [0.5, 0.6) is 23.0 Å². The van der Waals surface area contributed by atoms with E-state index in [4.69, 9.17) is 52.1 Å². The molecule has 486 valence electrons. The fourth-order valence-electron chi connectivity index (χ4n) is 10.9. The number of carbonyl (C=O) groups excluding carboxylic acids is 2. The van der Waals surface area contributed by atoms with E-state index >= 15 is 0 Å². The van der Waals surface area contributed by atoms with Gasteiger partial charge in [-0.25, -0.2) is 4.79 Å². The van der Waals surface area contributed by atoms with Crippen molar-refractivity contribution in [3.05, 3.63) is 185 Å². The molecule has 4 N–H and O–H groups in total. The lowest BCUT2D eigenvalue weighted by atomic mass is 9.92. The summed E-state index contributed by atoms with van der Waals surface area (Å²) in [5, 5.41) is 12.7. The number of carbonyl (C=O) groups is 2. The predicted octanol–water partition coefficient (Wildman–Crippen LogP) is 12.5. The number of alkyl halides is 3. The van der Waals surface area contributed by atoms with Crippen molar-refractivity contribution in [3.8, 4) is 23.0 Å². The third-order valence-corrected chi connectivity index (χ3v) is 15.9. The summed E-state index contributed by atoms with van der Waals surface area (Å²) in [6.07, 6.45) is -2.52. The molecule has 2 heterocycles. The lowest BCUT2D eigenvalue weighted by molar-refractivity contribution is -0.309. The van der Waals surface area contributed by atoms with Crippen LogP contribution in [0.3, 0.4) is 0 Å². The van der Waals surface area contributed by atoms with E-state index in [-0.39, 0.29) is 64.3 Å². The first-order valence-electron chi connectivity index (χ1n) is 31.0. The standard InChI is InChI=1S/C70H87F3N4O13/c1-6-7-8-9-10-11-12-16-22-62(78)76-63-60(46-84-41-49-23-31-55(80-2)32-24-49)86-45-59(74-40-48-18-14-13-15-19-48)65(63)90-68-64(77-69(79)75-54-21-17-20-53(39-54)70(71,72)73)67(88-44-52-29-37-58(83-5)38-30-52)66(87-43-51-27-35-57(82-4)36-28-51)61(89-68)47-85-42-50-25-33-56(81-3)34-26-50/h13-15,17-21,23-39,59-61,63-68,74H,6-12,16,22,40-47H2,1-5H3,(H,76,78)(H2,75,77,79)/t59?,60?,61?,63-,64?,65+,66+,67+,68-/m0/s1. The molecule has 8 rings (SSSR count). The molecule has 6 aromatic carbocycles. The minimum Gasteiger partial charge on any atom is -0.497 e. The minimum atomic E-state index is -4.70. The van der Waals surface area contributed by atoms with Crippen LogP contribution in [0.1, 0.15) is 98.1 Å². The molecule has 17 nitrogen and oxygen atoms in total. The number of hydrogen-bond donors (Lipinski definition) is 4. The van der Waals surface area contributed by atoms with E-state index in [0.717, 1.165) is 72.1 Å². The predicted molar refractivity (Wildman–Crippen MR) is 335 cm³/mol. The van der Waals surface area contributed by atoms with Crippen LogP contribution >= 0.6 is 0 Å². The summed E-state index contributed by atoms with van der Waals surface area (Å²) in [6, 6.07) is 40.0. The molecule has 0 bridgehead atoms. The second-order valence-electron chi connectivity index (χ2n) is 22.5. The zero-order chi connectivity index (χ0) is 63.5. The number of halogens is 3. The molecule has 2 saturated heterocycles. The third-order valence-electron chi connectivity index (χ3n) is 15.9. The van der Waals surface area contributed by atoms with Crippen molar-refractivity contribution in [1.82, 2.24) is 16.0 Å². The minimum absolute atomic E-state index is 0.0276. The van der Waals surface area contributed by atoms with E-state index in [2.05, 4.69) is 28.2 Å². The van der Waals surface area contributed by atoms with E-state index in [1.165, 1.54) is 25.0 Å². The van der Waals surface area contributed by atoms with Crippen LogP contribution in [0.2, 0.25) is 0 Å².